The van der Waals surface area contributed by atoms with Crippen molar-refractivity contribution in [3.8, 4) is 0 Å². The van der Waals surface area contributed by atoms with Gasteiger partial charge in [0.2, 0.25) is 0 Å². The molecule has 1 heterocycles. The molecule has 1 aromatic rings. The van der Waals surface area contributed by atoms with E-state index < -0.39 is 0 Å². The fourth-order valence-electron chi connectivity index (χ4n) is 6.35. The van der Waals surface area contributed by atoms with Crippen LogP contribution in [-0.2, 0) is 22.5 Å². The summed E-state index contributed by atoms with van der Waals surface area (Å²) in [5.41, 5.74) is 2.29. The summed E-state index contributed by atoms with van der Waals surface area (Å²) >= 11 is 0. The molecule has 2 aliphatic carbocycles. The van der Waals surface area contributed by atoms with Gasteiger partial charge in [-0.1, -0.05) is 25.5 Å². The number of furan rings is 1. The number of fused-ring (bicyclic) bond motifs is 1. The van der Waals surface area contributed by atoms with Crippen LogP contribution in [0.4, 0.5) is 0 Å². The molecule has 0 saturated heterocycles. The van der Waals surface area contributed by atoms with Gasteiger partial charge >= 0.3 is 5.97 Å². The summed E-state index contributed by atoms with van der Waals surface area (Å²) in [5.74, 6) is 1.71. The number of methoxy groups -OCH3 is 1. The van der Waals surface area contributed by atoms with Crippen LogP contribution in [0, 0.1) is 22.7 Å². The number of aliphatic hydroxyl groups is 1. The van der Waals surface area contributed by atoms with E-state index in [9.17, 15) is 4.79 Å². The first-order valence-electron chi connectivity index (χ1n) is 11.1. The Hall–Kier alpha value is -1.30. The van der Waals surface area contributed by atoms with Crippen LogP contribution in [0.15, 0.2) is 28.9 Å². The van der Waals surface area contributed by atoms with Crippen LogP contribution < -0.4 is 17.7 Å². The van der Waals surface area contributed by atoms with E-state index in [1.807, 2.05) is 0 Å². The van der Waals surface area contributed by atoms with Crippen molar-refractivity contribution >= 4 is 5.97 Å². The van der Waals surface area contributed by atoms with Crippen molar-refractivity contribution in [2.24, 2.45) is 22.7 Å². The molecular formula is C24H38ClNO4. The number of nitrogens with two attached hydrogens (primary N) is 1. The SMILES string of the molecule is C=C1CCC2C(C)(C(=O)OC)CCCC2(C)C1CCc1ccoc1C[NH2+]CCO.[Cl-]. The van der Waals surface area contributed by atoms with Gasteiger partial charge in [-0.15, -0.1) is 0 Å². The monoisotopic (exact) mass is 439 g/mol. The molecular weight excluding hydrogens is 402 g/mol. The molecule has 0 radical (unpaired) electrons. The molecule has 1 aromatic heterocycles. The lowest BCUT2D eigenvalue weighted by Gasteiger charge is -2.57. The molecule has 170 valence electrons. The Kier molecular flexibility index (Phi) is 8.60. The summed E-state index contributed by atoms with van der Waals surface area (Å²) in [4.78, 5) is 12.7. The summed E-state index contributed by atoms with van der Waals surface area (Å²) in [7, 11) is 1.52. The molecule has 3 N–H and O–H groups in total. The fraction of sp³-hybridized carbons (Fsp3) is 0.708. The molecule has 0 aliphatic heterocycles. The van der Waals surface area contributed by atoms with Gasteiger partial charge in [-0.2, -0.15) is 0 Å². The molecule has 2 fully saturated rings. The van der Waals surface area contributed by atoms with Crippen LogP contribution in [0.2, 0.25) is 0 Å². The summed E-state index contributed by atoms with van der Waals surface area (Å²) in [5, 5.41) is 11.1. The standard InChI is InChI=1S/C24H37NO4.ClH/c1-17-6-9-21-23(2,11-5-12-24(21,3)22(27)28-4)19(17)8-7-18-10-15-29-20(18)16-25-13-14-26;/h10,15,19,21,25-26H,1,5-9,11-14,16H2,2-4H3;1H. The van der Waals surface area contributed by atoms with Crippen LogP contribution in [0.3, 0.4) is 0 Å². The molecule has 30 heavy (non-hydrogen) atoms. The molecule has 4 unspecified atom stereocenters. The highest BCUT2D eigenvalue weighted by atomic mass is 35.5. The Morgan fingerprint density at radius 3 is 2.87 bits per heavy atom. The van der Waals surface area contributed by atoms with Gasteiger partial charge in [0.1, 0.15) is 6.54 Å². The van der Waals surface area contributed by atoms with E-state index in [1.54, 1.807) is 6.26 Å². The molecule has 5 nitrogen and oxygen atoms in total. The zero-order chi connectivity index (χ0) is 21.1. The van der Waals surface area contributed by atoms with Gasteiger partial charge in [-0.25, -0.2) is 0 Å². The van der Waals surface area contributed by atoms with Crippen molar-refractivity contribution in [3.63, 3.8) is 0 Å². The van der Waals surface area contributed by atoms with Crippen LogP contribution in [0.1, 0.15) is 63.7 Å². The Morgan fingerprint density at radius 1 is 1.40 bits per heavy atom. The van der Waals surface area contributed by atoms with Crippen molar-refractivity contribution in [2.45, 2.75) is 65.3 Å². The number of hydrogen-bond acceptors (Lipinski definition) is 4. The van der Waals surface area contributed by atoms with E-state index in [-0.39, 0.29) is 35.8 Å². The summed E-state index contributed by atoms with van der Waals surface area (Å²) in [6, 6.07) is 2.08. The number of allylic oxidation sites excluding steroid dienone is 1. The maximum atomic E-state index is 12.7. The lowest BCUT2D eigenvalue weighted by molar-refractivity contribution is -0.673. The minimum Gasteiger partial charge on any atom is -1.00 e. The van der Waals surface area contributed by atoms with Gasteiger partial charge in [-0.05, 0) is 74.3 Å². The van der Waals surface area contributed by atoms with E-state index in [0.717, 1.165) is 57.3 Å². The van der Waals surface area contributed by atoms with E-state index in [0.29, 0.717) is 18.4 Å². The average Bonchev–Trinajstić information content (AvgIpc) is 3.14. The van der Waals surface area contributed by atoms with Crippen LogP contribution in [0.5, 0.6) is 0 Å². The van der Waals surface area contributed by atoms with Gasteiger partial charge < -0.3 is 32.0 Å². The number of esters is 1. The summed E-state index contributed by atoms with van der Waals surface area (Å²) < 4.78 is 10.9. The minimum atomic E-state index is -0.388. The average molecular weight is 440 g/mol. The lowest BCUT2D eigenvalue weighted by atomic mass is 9.46. The van der Waals surface area contributed by atoms with Crippen LogP contribution >= 0.6 is 0 Å². The summed E-state index contributed by atoms with van der Waals surface area (Å²) in [6.45, 7) is 10.6. The van der Waals surface area contributed by atoms with Crippen LogP contribution in [0.25, 0.3) is 0 Å². The number of carbonyl (C=O) groups excluding carboxylic acids is 1. The predicted octanol–water partition coefficient (Wildman–Crippen LogP) is 0.224. The lowest BCUT2D eigenvalue weighted by Crippen LogP contribution is -3.00. The number of hydrogen-bond donors (Lipinski definition) is 2. The van der Waals surface area contributed by atoms with Crippen molar-refractivity contribution < 1.29 is 36.8 Å². The zero-order valence-electron chi connectivity index (χ0n) is 18.7. The Labute approximate surface area is 187 Å². The first-order valence-corrected chi connectivity index (χ1v) is 11.1. The first-order chi connectivity index (χ1) is 13.9. The quantitative estimate of drug-likeness (QED) is 0.345. The number of ether oxygens (including phenoxy) is 1. The van der Waals surface area contributed by atoms with E-state index >= 15 is 0 Å². The highest BCUT2D eigenvalue weighted by Crippen LogP contribution is 2.62. The van der Waals surface area contributed by atoms with E-state index in [4.69, 9.17) is 14.3 Å². The third-order valence-corrected chi connectivity index (χ3v) is 7.87. The first kappa shape index (κ1) is 25.0. The van der Waals surface area contributed by atoms with Crippen LogP contribution in [-0.4, -0.2) is 31.3 Å². The predicted molar refractivity (Wildman–Crippen MR) is 112 cm³/mol. The Balaban J connectivity index is 0.00000320. The van der Waals surface area contributed by atoms with Gasteiger partial charge in [-0.3, -0.25) is 4.79 Å². The van der Waals surface area contributed by atoms with Crippen molar-refractivity contribution in [2.75, 3.05) is 20.3 Å². The van der Waals surface area contributed by atoms with E-state index in [2.05, 4.69) is 31.8 Å². The zero-order valence-corrected chi connectivity index (χ0v) is 19.5. The maximum absolute atomic E-state index is 12.7. The Morgan fingerprint density at radius 2 is 2.17 bits per heavy atom. The van der Waals surface area contributed by atoms with Gasteiger partial charge in [0.15, 0.2) is 5.76 Å². The number of rotatable bonds is 8. The molecule has 2 aliphatic rings. The van der Waals surface area contributed by atoms with Crippen molar-refractivity contribution in [1.82, 2.24) is 0 Å². The molecule has 0 amide bonds. The highest BCUT2D eigenvalue weighted by Gasteiger charge is 2.57. The number of halogens is 1. The second-order valence-electron chi connectivity index (χ2n) is 9.48. The number of aliphatic hydroxyl groups excluding tert-OH is 1. The largest absolute Gasteiger partial charge is 1.00 e. The third-order valence-electron chi connectivity index (χ3n) is 7.87. The Bertz CT molecular complexity index is 733. The molecule has 0 bridgehead atoms. The maximum Gasteiger partial charge on any atom is 0.311 e. The number of carbonyl (C=O) groups is 1. The smallest absolute Gasteiger partial charge is 0.311 e. The van der Waals surface area contributed by atoms with Crippen molar-refractivity contribution in [1.29, 1.82) is 0 Å². The highest BCUT2D eigenvalue weighted by molar-refractivity contribution is 5.77. The molecule has 4 atom stereocenters. The van der Waals surface area contributed by atoms with Gasteiger partial charge in [0, 0.05) is 0 Å². The number of quaternary nitrogens is 1. The third kappa shape index (κ3) is 4.63. The number of aryl methyl sites for hydroxylation is 1. The van der Waals surface area contributed by atoms with E-state index in [1.165, 1.54) is 18.2 Å². The molecule has 6 heteroatoms. The molecule has 3 rings (SSSR count). The second-order valence-corrected chi connectivity index (χ2v) is 9.48. The second kappa shape index (κ2) is 10.3. The molecule has 0 spiro atoms. The molecule has 2 saturated carbocycles. The van der Waals surface area contributed by atoms with Gasteiger partial charge in [0.05, 0.1) is 31.9 Å². The van der Waals surface area contributed by atoms with Crippen molar-refractivity contribution in [3.05, 3.63) is 35.8 Å². The molecule has 0 aromatic carbocycles. The summed E-state index contributed by atoms with van der Waals surface area (Å²) in [6.07, 6.45) is 8.93. The minimum absolute atomic E-state index is 0. The fourth-order valence-corrected chi connectivity index (χ4v) is 6.35. The van der Waals surface area contributed by atoms with Gasteiger partial charge in [0.25, 0.3) is 0 Å². The normalized spacial score (nSPS) is 31.0. The topological polar surface area (TPSA) is 76.3 Å².